The first-order valence-electron chi connectivity index (χ1n) is 15.2. The molecule has 248 valence electrons. The maximum atomic E-state index is 11.5. The molecule has 45 heavy (non-hydrogen) atoms. The Balaban J connectivity index is 0.000000315. The van der Waals surface area contributed by atoms with Crippen LogP contribution < -0.4 is 16.4 Å². The van der Waals surface area contributed by atoms with Gasteiger partial charge < -0.3 is 35.9 Å². The Kier molecular flexibility index (Phi) is 13.7. The van der Waals surface area contributed by atoms with Crippen molar-refractivity contribution in [1.29, 1.82) is 0 Å². The van der Waals surface area contributed by atoms with E-state index in [-0.39, 0.29) is 31.7 Å². The van der Waals surface area contributed by atoms with Crippen LogP contribution in [0.4, 0.5) is 5.82 Å². The molecule has 0 spiro atoms. The number of carboxylic acid groups (broad SMARTS) is 1. The molecule has 2 aromatic heterocycles. The number of nitrogen functional groups attached to an aromatic ring is 1. The summed E-state index contributed by atoms with van der Waals surface area (Å²) in [5.41, 5.74) is 7.19. The van der Waals surface area contributed by atoms with Crippen LogP contribution in [-0.2, 0) is 36.9 Å². The fraction of sp³-hybridized carbons (Fsp3) is 0.562. The molecule has 0 aliphatic carbocycles. The number of aromatic nitrogens is 3. The number of nitrogens with zero attached hydrogens (tertiary/aromatic N) is 3. The van der Waals surface area contributed by atoms with E-state index < -0.39 is 29.0 Å². The number of nitrogens with one attached hydrogen (secondary N) is 2. The predicted molar refractivity (Wildman–Crippen MR) is 172 cm³/mol. The minimum atomic E-state index is -0.826. The van der Waals surface area contributed by atoms with Crippen LogP contribution in [0.5, 0.6) is 0 Å². The molecule has 0 saturated heterocycles. The normalized spacial score (nSPS) is 11.5. The number of carbonyl (C=O) groups is 4. The van der Waals surface area contributed by atoms with Crippen molar-refractivity contribution in [1.82, 2.24) is 25.2 Å². The first kappa shape index (κ1) is 36.9. The number of nitrogens with two attached hydrogens (primary N) is 1. The standard InChI is InChI=1S/C16H20N4O.C16H28N2O6/c1-4-12-19-13-14(20(12)9-16(2,3)21)10-7-5-6-8-11(10)18-15(13)17;1-16(2,3)24-15(23)9-8-12(19)18-11-13(20)17-10-6-4-5-7-14(21)22/h5-8,21H,4,9H2,1-3H3,(H2,17,18);4-11H2,1-3H3,(H,17,20)(H,18,19)(H,21,22). The fourth-order valence-electron chi connectivity index (χ4n) is 4.48. The zero-order chi connectivity index (χ0) is 33.8. The van der Waals surface area contributed by atoms with Gasteiger partial charge in [0.1, 0.15) is 16.9 Å². The first-order valence-corrected chi connectivity index (χ1v) is 15.2. The van der Waals surface area contributed by atoms with Crippen molar-refractivity contribution in [2.45, 2.75) is 104 Å². The third kappa shape index (κ3) is 13.1. The van der Waals surface area contributed by atoms with E-state index in [4.69, 9.17) is 15.6 Å². The number of ether oxygens (including phenoxy) is 1. The van der Waals surface area contributed by atoms with Crippen LogP contribution >= 0.6 is 0 Å². The highest BCUT2D eigenvalue weighted by Crippen LogP contribution is 2.30. The molecule has 0 atom stereocenters. The van der Waals surface area contributed by atoms with Gasteiger partial charge in [-0.05, 0) is 53.5 Å². The summed E-state index contributed by atoms with van der Waals surface area (Å²) in [4.78, 5) is 53.9. The third-order valence-corrected chi connectivity index (χ3v) is 6.36. The second-order valence-corrected chi connectivity index (χ2v) is 12.4. The van der Waals surface area contributed by atoms with Crippen LogP contribution in [-0.4, -0.2) is 72.8 Å². The molecule has 0 unspecified atom stereocenters. The molecule has 6 N–H and O–H groups in total. The monoisotopic (exact) mass is 628 g/mol. The number of carbonyl (C=O) groups excluding carboxylic acids is 3. The summed E-state index contributed by atoms with van der Waals surface area (Å²) in [5, 5.41) is 24.8. The van der Waals surface area contributed by atoms with Gasteiger partial charge in [-0.15, -0.1) is 0 Å². The van der Waals surface area contributed by atoms with E-state index >= 15 is 0 Å². The van der Waals surface area contributed by atoms with Gasteiger partial charge in [0.15, 0.2) is 5.82 Å². The number of aliphatic hydroxyl groups is 1. The number of aliphatic carboxylic acids is 1. The fourth-order valence-corrected chi connectivity index (χ4v) is 4.48. The quantitative estimate of drug-likeness (QED) is 0.130. The van der Waals surface area contributed by atoms with Gasteiger partial charge in [-0.25, -0.2) is 9.97 Å². The molecular formula is C32H48N6O7. The van der Waals surface area contributed by atoms with Gasteiger partial charge in [0.05, 0.1) is 36.1 Å². The van der Waals surface area contributed by atoms with Crippen LogP contribution in [0, 0.1) is 0 Å². The summed E-state index contributed by atoms with van der Waals surface area (Å²) in [6.45, 7) is 11.6. The average molecular weight is 629 g/mol. The summed E-state index contributed by atoms with van der Waals surface area (Å²) in [5.74, 6) is -0.641. The molecule has 0 aliphatic heterocycles. The lowest BCUT2D eigenvalue weighted by Gasteiger charge is -2.20. The Morgan fingerprint density at radius 3 is 2.24 bits per heavy atom. The molecule has 3 aromatic rings. The lowest BCUT2D eigenvalue weighted by atomic mass is 10.1. The van der Waals surface area contributed by atoms with Gasteiger partial charge >= 0.3 is 11.9 Å². The van der Waals surface area contributed by atoms with E-state index in [1.165, 1.54) is 0 Å². The number of esters is 1. The maximum absolute atomic E-state index is 11.5. The lowest BCUT2D eigenvalue weighted by molar-refractivity contribution is -0.155. The van der Waals surface area contributed by atoms with Crippen molar-refractivity contribution in [3.63, 3.8) is 0 Å². The summed E-state index contributed by atoms with van der Waals surface area (Å²) in [6.07, 6.45) is 2.82. The predicted octanol–water partition coefficient (Wildman–Crippen LogP) is 3.49. The second kappa shape index (κ2) is 16.7. The smallest absolute Gasteiger partial charge is 0.306 e. The molecule has 0 aliphatic rings. The average Bonchev–Trinajstić information content (AvgIpc) is 3.29. The van der Waals surface area contributed by atoms with Crippen LogP contribution in [0.2, 0.25) is 0 Å². The number of anilines is 1. The number of hydrogen-bond donors (Lipinski definition) is 5. The molecule has 2 amide bonds. The van der Waals surface area contributed by atoms with Crippen LogP contribution in [0.1, 0.15) is 85.9 Å². The summed E-state index contributed by atoms with van der Waals surface area (Å²) < 4.78 is 7.14. The van der Waals surface area contributed by atoms with Gasteiger partial charge in [0.25, 0.3) is 0 Å². The number of unbranched alkanes of at least 4 members (excludes halogenated alkanes) is 2. The minimum Gasteiger partial charge on any atom is -0.481 e. The number of hydrogen-bond acceptors (Lipinski definition) is 9. The SMILES string of the molecule is CC(C)(C)OC(=O)CCC(=O)NCC(=O)NCCCCCC(=O)O.CCc1nc2c(N)nc3ccccc3c2n1CC(C)(C)O. The van der Waals surface area contributed by atoms with Gasteiger partial charge in [0.2, 0.25) is 11.8 Å². The Bertz CT molecular complexity index is 1470. The molecule has 2 heterocycles. The largest absolute Gasteiger partial charge is 0.481 e. The highest BCUT2D eigenvalue weighted by Gasteiger charge is 2.21. The third-order valence-electron chi connectivity index (χ3n) is 6.36. The molecule has 3 rings (SSSR count). The number of imidazole rings is 1. The highest BCUT2D eigenvalue weighted by atomic mass is 16.6. The molecule has 0 saturated carbocycles. The van der Waals surface area contributed by atoms with Gasteiger partial charge in [0, 0.05) is 31.2 Å². The maximum Gasteiger partial charge on any atom is 0.306 e. The Morgan fingerprint density at radius 1 is 0.933 bits per heavy atom. The molecule has 0 radical (unpaired) electrons. The van der Waals surface area contributed by atoms with E-state index in [2.05, 4.69) is 25.2 Å². The summed E-state index contributed by atoms with van der Waals surface area (Å²) in [6, 6.07) is 7.88. The number of fused-ring (bicyclic) bond motifs is 3. The first-order chi connectivity index (χ1) is 21.0. The van der Waals surface area contributed by atoms with Gasteiger partial charge in [-0.3, -0.25) is 19.2 Å². The highest BCUT2D eigenvalue weighted by molar-refractivity contribution is 6.06. The zero-order valence-corrected chi connectivity index (χ0v) is 27.2. The van der Waals surface area contributed by atoms with E-state index in [1.807, 2.05) is 31.2 Å². The summed E-state index contributed by atoms with van der Waals surface area (Å²) in [7, 11) is 0. The number of aryl methyl sites for hydroxylation is 1. The molecule has 0 fully saturated rings. The molecule has 13 heteroatoms. The van der Waals surface area contributed by atoms with E-state index in [0.29, 0.717) is 31.7 Å². The van der Waals surface area contributed by atoms with Crippen LogP contribution in [0.15, 0.2) is 24.3 Å². The van der Waals surface area contributed by atoms with Crippen molar-refractivity contribution < 1.29 is 34.1 Å². The number of rotatable bonds is 14. The van der Waals surface area contributed by atoms with E-state index in [9.17, 15) is 24.3 Å². The molecule has 13 nitrogen and oxygen atoms in total. The Hall–Kier alpha value is -4.26. The number of benzene rings is 1. The Labute approximate surface area is 263 Å². The zero-order valence-electron chi connectivity index (χ0n) is 27.2. The second-order valence-electron chi connectivity index (χ2n) is 12.4. The van der Waals surface area contributed by atoms with Crippen LogP contribution in [0.3, 0.4) is 0 Å². The van der Waals surface area contributed by atoms with Crippen molar-refractivity contribution in [3.8, 4) is 0 Å². The van der Waals surface area contributed by atoms with Crippen molar-refractivity contribution in [2.24, 2.45) is 0 Å². The number of para-hydroxylation sites is 1. The van der Waals surface area contributed by atoms with E-state index in [0.717, 1.165) is 40.6 Å². The number of amides is 2. The van der Waals surface area contributed by atoms with Crippen LogP contribution in [0.25, 0.3) is 21.9 Å². The lowest BCUT2D eigenvalue weighted by Crippen LogP contribution is -2.37. The molecule has 0 bridgehead atoms. The minimum absolute atomic E-state index is 0.0304. The van der Waals surface area contributed by atoms with Crippen molar-refractivity contribution in [2.75, 3.05) is 18.8 Å². The molecule has 1 aromatic carbocycles. The van der Waals surface area contributed by atoms with Gasteiger partial charge in [-0.2, -0.15) is 0 Å². The van der Waals surface area contributed by atoms with Gasteiger partial charge in [-0.1, -0.05) is 31.5 Å². The summed E-state index contributed by atoms with van der Waals surface area (Å²) >= 11 is 0. The van der Waals surface area contributed by atoms with Crippen molar-refractivity contribution >= 4 is 51.5 Å². The number of carboxylic acids is 1. The van der Waals surface area contributed by atoms with E-state index in [1.54, 1.807) is 34.6 Å². The Morgan fingerprint density at radius 2 is 1.62 bits per heavy atom. The number of pyridine rings is 1. The molecular weight excluding hydrogens is 580 g/mol. The van der Waals surface area contributed by atoms with Crippen molar-refractivity contribution in [3.05, 3.63) is 30.1 Å². The topological polar surface area (TPSA) is 199 Å².